The zero-order valence-corrected chi connectivity index (χ0v) is 19.4. The quantitative estimate of drug-likeness (QED) is 0.542. The van der Waals surface area contributed by atoms with Crippen molar-refractivity contribution in [3.8, 4) is 0 Å². The summed E-state index contributed by atoms with van der Waals surface area (Å²) in [5.74, 6) is 0.0786. The second-order valence-corrected chi connectivity index (χ2v) is 11.3. The number of carbonyl (C=O) groups is 1. The molecule has 4 rings (SSSR count). The second kappa shape index (κ2) is 8.22. The number of rotatable bonds is 6. The second-order valence-electron chi connectivity index (χ2n) is 9.17. The van der Waals surface area contributed by atoms with Crippen LogP contribution in [0.1, 0.15) is 54.5 Å². The number of nitrogens with zero attached hydrogens (tertiary/aromatic N) is 1. The van der Waals surface area contributed by atoms with Crippen LogP contribution in [-0.2, 0) is 17.8 Å². The average molecular weight is 450 g/mol. The summed E-state index contributed by atoms with van der Waals surface area (Å²) in [6.07, 6.45) is 2.08. The Hall–Kier alpha value is -1.48. The Kier molecular flexibility index (Phi) is 5.96. The Labute approximate surface area is 185 Å². The summed E-state index contributed by atoms with van der Waals surface area (Å²) in [6, 6.07) is 4.01. The number of aromatic nitrogens is 1. The molecule has 0 radical (unpaired) electrons. The maximum Gasteiger partial charge on any atom is 0.220 e. The van der Waals surface area contributed by atoms with Crippen molar-refractivity contribution in [1.82, 2.24) is 10.3 Å². The van der Waals surface area contributed by atoms with Gasteiger partial charge in [0.15, 0.2) is 5.13 Å². The van der Waals surface area contributed by atoms with Crippen LogP contribution < -0.4 is 10.6 Å². The fraction of sp³-hybridized carbons (Fsp3) is 0.636. The van der Waals surface area contributed by atoms with E-state index in [4.69, 9.17) is 4.98 Å². The van der Waals surface area contributed by atoms with Gasteiger partial charge in [0.05, 0.1) is 24.9 Å². The summed E-state index contributed by atoms with van der Waals surface area (Å²) in [5, 5.41) is 30.1. The number of thiazole rings is 1. The van der Waals surface area contributed by atoms with Crippen molar-refractivity contribution in [2.24, 2.45) is 16.7 Å². The third kappa shape index (κ3) is 3.57. The lowest BCUT2D eigenvalue weighted by molar-refractivity contribution is -0.144. The molecular formula is C22H31N3O3S2. The minimum Gasteiger partial charge on any atom is -0.396 e. The summed E-state index contributed by atoms with van der Waals surface area (Å²) in [5.41, 5.74) is 0.231. The van der Waals surface area contributed by atoms with Gasteiger partial charge in [-0.1, -0.05) is 19.9 Å². The van der Waals surface area contributed by atoms with Crippen molar-refractivity contribution < 1.29 is 15.0 Å². The summed E-state index contributed by atoms with van der Waals surface area (Å²) in [4.78, 5) is 20.1. The van der Waals surface area contributed by atoms with E-state index in [0.717, 1.165) is 28.5 Å². The molecule has 0 aliphatic heterocycles. The third-order valence-electron chi connectivity index (χ3n) is 7.54. The Balaban J connectivity index is 1.66. The van der Waals surface area contributed by atoms with Crippen molar-refractivity contribution in [1.29, 1.82) is 0 Å². The maximum atomic E-state index is 13.0. The number of aliphatic hydroxyl groups is 2. The molecule has 8 heteroatoms. The molecular weight excluding hydrogens is 418 g/mol. The first-order valence-electron chi connectivity index (χ1n) is 10.6. The highest BCUT2D eigenvalue weighted by molar-refractivity contribution is 7.15. The van der Waals surface area contributed by atoms with Gasteiger partial charge in [0.25, 0.3) is 0 Å². The summed E-state index contributed by atoms with van der Waals surface area (Å²) >= 11 is 3.27. The molecule has 0 saturated heterocycles. The lowest BCUT2D eigenvalue weighted by Gasteiger charge is -2.58. The molecule has 1 fully saturated rings. The van der Waals surface area contributed by atoms with Gasteiger partial charge in [0.2, 0.25) is 5.91 Å². The first-order valence-corrected chi connectivity index (χ1v) is 12.3. The monoisotopic (exact) mass is 449 g/mol. The number of carbonyl (C=O) groups excluding carboxylic acids is 1. The van der Waals surface area contributed by atoms with E-state index in [1.54, 1.807) is 22.7 Å². The van der Waals surface area contributed by atoms with E-state index in [0.29, 0.717) is 19.4 Å². The van der Waals surface area contributed by atoms with Crippen LogP contribution in [0.5, 0.6) is 0 Å². The molecule has 1 amide bonds. The molecule has 0 aromatic carbocycles. The predicted octanol–water partition coefficient (Wildman–Crippen LogP) is 3.37. The number of amides is 1. The Morgan fingerprint density at radius 3 is 2.87 bits per heavy atom. The molecule has 6 nitrogen and oxygen atoms in total. The Morgan fingerprint density at radius 1 is 1.40 bits per heavy atom. The molecule has 2 aliphatic carbocycles. The number of thiophene rings is 1. The molecule has 0 bridgehead atoms. The first kappa shape index (κ1) is 21.7. The normalized spacial score (nSPS) is 32.9. The highest BCUT2D eigenvalue weighted by atomic mass is 32.1. The van der Waals surface area contributed by atoms with Crippen molar-refractivity contribution in [2.45, 2.75) is 58.1 Å². The van der Waals surface area contributed by atoms with E-state index < -0.39 is 11.5 Å². The molecule has 2 aromatic heterocycles. The Bertz CT molecular complexity index is 900. The highest BCUT2D eigenvalue weighted by Gasteiger charge is 2.59. The number of nitrogens with one attached hydrogen (secondary N) is 2. The van der Waals surface area contributed by atoms with Gasteiger partial charge in [-0.3, -0.25) is 4.79 Å². The van der Waals surface area contributed by atoms with Crippen LogP contribution in [0.25, 0.3) is 0 Å². The van der Waals surface area contributed by atoms with E-state index in [9.17, 15) is 15.0 Å². The van der Waals surface area contributed by atoms with Crippen LogP contribution in [0.15, 0.2) is 17.5 Å². The lowest BCUT2D eigenvalue weighted by Crippen LogP contribution is -2.57. The van der Waals surface area contributed by atoms with E-state index in [-0.39, 0.29) is 29.8 Å². The van der Waals surface area contributed by atoms with Crippen LogP contribution in [0, 0.1) is 16.7 Å². The van der Waals surface area contributed by atoms with E-state index in [2.05, 4.69) is 17.6 Å². The standard InChI is InChI=1S/C22H31N3O3S2/c1-21-7-6-17(27)22(2,12-26)16(21)10-15-19(25-20(23-3)30-15)14(21)9-18(28)24-11-13-5-4-8-29-13/h4-5,8,14,16-17,26-27H,6-7,9-12H2,1-3H3,(H,23,25)(H,24,28). The number of hydrogen-bond donors (Lipinski definition) is 4. The van der Waals surface area contributed by atoms with Gasteiger partial charge in [-0.15, -0.1) is 22.7 Å². The van der Waals surface area contributed by atoms with E-state index >= 15 is 0 Å². The van der Waals surface area contributed by atoms with Crippen molar-refractivity contribution in [3.63, 3.8) is 0 Å². The fourth-order valence-corrected chi connectivity index (χ4v) is 7.28. The number of aliphatic hydroxyl groups excluding tert-OH is 2. The largest absolute Gasteiger partial charge is 0.396 e. The number of hydrogen-bond acceptors (Lipinski definition) is 7. The maximum absolute atomic E-state index is 13.0. The summed E-state index contributed by atoms with van der Waals surface area (Å²) in [7, 11) is 1.86. The van der Waals surface area contributed by atoms with Gasteiger partial charge in [-0.05, 0) is 42.0 Å². The van der Waals surface area contributed by atoms with Crippen LogP contribution in [0.4, 0.5) is 5.13 Å². The van der Waals surface area contributed by atoms with Gasteiger partial charge in [-0.2, -0.15) is 0 Å². The Morgan fingerprint density at radius 2 is 2.20 bits per heavy atom. The molecule has 2 heterocycles. The molecule has 5 atom stereocenters. The lowest BCUT2D eigenvalue weighted by atomic mass is 9.47. The molecule has 30 heavy (non-hydrogen) atoms. The molecule has 2 aromatic rings. The van der Waals surface area contributed by atoms with Gasteiger partial charge >= 0.3 is 0 Å². The predicted molar refractivity (Wildman–Crippen MR) is 121 cm³/mol. The number of fused-ring (bicyclic) bond motifs is 2. The zero-order valence-electron chi connectivity index (χ0n) is 17.8. The van der Waals surface area contributed by atoms with Gasteiger partial charge < -0.3 is 20.8 Å². The SMILES string of the molecule is CNc1nc2c(s1)CC1C(C)(CO)C(O)CCC1(C)C2CC(=O)NCc1cccs1. The van der Waals surface area contributed by atoms with Gasteiger partial charge in [-0.25, -0.2) is 4.98 Å². The van der Waals surface area contributed by atoms with Crippen LogP contribution in [-0.4, -0.2) is 40.9 Å². The molecule has 1 saturated carbocycles. The van der Waals surface area contributed by atoms with Crippen LogP contribution >= 0.6 is 22.7 Å². The topological polar surface area (TPSA) is 94.5 Å². The first-order chi connectivity index (χ1) is 14.3. The summed E-state index contributed by atoms with van der Waals surface area (Å²) in [6.45, 7) is 4.72. The molecule has 5 unspecified atom stereocenters. The third-order valence-corrected chi connectivity index (χ3v) is 9.52. The van der Waals surface area contributed by atoms with Crippen molar-refractivity contribution in [2.75, 3.05) is 19.0 Å². The minimum atomic E-state index is -0.583. The van der Waals surface area contributed by atoms with E-state index in [1.165, 1.54) is 4.88 Å². The van der Waals surface area contributed by atoms with Crippen LogP contribution in [0.2, 0.25) is 0 Å². The van der Waals surface area contributed by atoms with Gasteiger partial charge in [0.1, 0.15) is 0 Å². The van der Waals surface area contributed by atoms with Crippen molar-refractivity contribution >= 4 is 33.7 Å². The molecule has 4 N–H and O–H groups in total. The molecule has 2 aliphatic rings. The van der Waals surface area contributed by atoms with Crippen molar-refractivity contribution in [3.05, 3.63) is 33.0 Å². The van der Waals surface area contributed by atoms with Gasteiger partial charge in [0, 0.05) is 34.6 Å². The highest BCUT2D eigenvalue weighted by Crippen LogP contribution is 2.62. The minimum absolute atomic E-state index is 0.0251. The average Bonchev–Trinajstić information content (AvgIpc) is 3.40. The molecule has 164 valence electrons. The summed E-state index contributed by atoms with van der Waals surface area (Å²) < 4.78 is 0. The van der Waals surface area contributed by atoms with Crippen LogP contribution in [0.3, 0.4) is 0 Å². The fourth-order valence-electron chi connectivity index (χ4n) is 5.61. The molecule has 0 spiro atoms. The van der Waals surface area contributed by atoms with E-state index in [1.807, 2.05) is 31.5 Å². The smallest absolute Gasteiger partial charge is 0.220 e. The zero-order chi connectivity index (χ0) is 21.5. The number of anilines is 1.